The molecule has 0 unspecified atom stereocenters. The molecule has 21 heavy (non-hydrogen) atoms. The highest BCUT2D eigenvalue weighted by atomic mass is 127. The van der Waals surface area contributed by atoms with Gasteiger partial charge in [-0.05, 0) is 40.8 Å². The van der Waals surface area contributed by atoms with Crippen LogP contribution in [-0.4, -0.2) is 31.4 Å². The molecule has 0 saturated carbocycles. The van der Waals surface area contributed by atoms with Crippen molar-refractivity contribution in [1.29, 1.82) is 0 Å². The molecule has 2 aromatic heterocycles. The first-order valence-electron chi connectivity index (χ1n) is 6.01. The molecule has 1 N–H and O–H groups in total. The number of aromatic nitrogens is 3. The first-order valence-corrected chi connectivity index (χ1v) is 9.01. The molecule has 3 aromatic rings. The largest absolute Gasteiger partial charge is 0.481 e. The van der Waals surface area contributed by atoms with Crippen molar-refractivity contribution >= 4 is 62.7 Å². The van der Waals surface area contributed by atoms with Gasteiger partial charge in [-0.3, -0.25) is 4.79 Å². The van der Waals surface area contributed by atoms with Crippen LogP contribution in [0.5, 0.6) is 0 Å². The minimum atomic E-state index is -0.846. The lowest BCUT2D eigenvalue weighted by Gasteiger charge is -2.06. The Morgan fingerprint density at radius 1 is 1.48 bits per heavy atom. The highest BCUT2D eigenvalue weighted by Crippen LogP contribution is 2.26. The van der Waals surface area contributed by atoms with E-state index in [0.717, 1.165) is 20.3 Å². The summed E-state index contributed by atoms with van der Waals surface area (Å²) in [5, 5.41) is 11.6. The number of benzene rings is 1. The number of imidazole rings is 1. The van der Waals surface area contributed by atoms with Crippen molar-refractivity contribution < 1.29 is 9.90 Å². The molecule has 0 spiro atoms. The molecule has 0 aliphatic heterocycles. The van der Waals surface area contributed by atoms with Gasteiger partial charge >= 0.3 is 5.97 Å². The maximum atomic E-state index is 10.8. The molecule has 3 rings (SSSR count). The molecule has 0 saturated heterocycles. The van der Waals surface area contributed by atoms with Crippen molar-refractivity contribution in [2.75, 3.05) is 5.75 Å². The van der Waals surface area contributed by atoms with Crippen molar-refractivity contribution in [3.63, 3.8) is 0 Å². The molecular weight excluding hydrogens is 421 g/mol. The third-order valence-electron chi connectivity index (χ3n) is 2.80. The van der Waals surface area contributed by atoms with Gasteiger partial charge in [0.05, 0.1) is 34.5 Å². The Morgan fingerprint density at radius 2 is 2.33 bits per heavy atom. The van der Waals surface area contributed by atoms with Gasteiger partial charge in [0.2, 0.25) is 0 Å². The van der Waals surface area contributed by atoms with Crippen LogP contribution in [0.25, 0.3) is 11.0 Å². The number of rotatable bonds is 5. The fourth-order valence-electron chi connectivity index (χ4n) is 1.95. The van der Waals surface area contributed by atoms with Crippen molar-refractivity contribution in [1.82, 2.24) is 14.5 Å². The van der Waals surface area contributed by atoms with Gasteiger partial charge in [-0.1, -0.05) is 11.8 Å². The maximum absolute atomic E-state index is 10.8. The molecule has 0 amide bonds. The van der Waals surface area contributed by atoms with Crippen molar-refractivity contribution in [2.45, 2.75) is 11.7 Å². The van der Waals surface area contributed by atoms with E-state index in [2.05, 4.69) is 32.6 Å². The summed E-state index contributed by atoms with van der Waals surface area (Å²) in [4.78, 5) is 19.7. The standard InChI is InChI=1S/C13H10IN3O2S2/c14-8-1-2-11-10(3-8)16-13(21-6-12(18)19)17(11)4-9-5-20-7-15-9/h1-3,5,7H,4,6H2,(H,18,19). The summed E-state index contributed by atoms with van der Waals surface area (Å²) in [5.41, 5.74) is 4.62. The highest BCUT2D eigenvalue weighted by molar-refractivity contribution is 14.1. The van der Waals surface area contributed by atoms with Gasteiger partial charge < -0.3 is 9.67 Å². The summed E-state index contributed by atoms with van der Waals surface area (Å²) >= 11 is 5.02. The summed E-state index contributed by atoms with van der Waals surface area (Å²) in [6, 6.07) is 6.04. The summed E-state index contributed by atoms with van der Waals surface area (Å²) in [6.45, 7) is 0.600. The van der Waals surface area contributed by atoms with Crippen LogP contribution in [0.15, 0.2) is 34.2 Å². The Labute approximate surface area is 142 Å². The predicted molar refractivity (Wildman–Crippen MR) is 92.0 cm³/mol. The number of hydrogen-bond donors (Lipinski definition) is 1. The molecule has 108 valence electrons. The van der Waals surface area contributed by atoms with Gasteiger partial charge in [-0.25, -0.2) is 9.97 Å². The van der Waals surface area contributed by atoms with Crippen LogP contribution < -0.4 is 0 Å². The van der Waals surface area contributed by atoms with E-state index in [1.807, 2.05) is 28.1 Å². The van der Waals surface area contributed by atoms with Crippen LogP contribution in [0.1, 0.15) is 5.69 Å². The zero-order valence-electron chi connectivity index (χ0n) is 10.7. The fraction of sp³-hybridized carbons (Fsp3) is 0.154. The molecule has 1 aromatic carbocycles. The Morgan fingerprint density at radius 3 is 3.05 bits per heavy atom. The quantitative estimate of drug-likeness (QED) is 0.496. The molecule has 0 fully saturated rings. The van der Waals surface area contributed by atoms with Gasteiger partial charge in [-0.15, -0.1) is 11.3 Å². The molecular formula is C13H10IN3O2S2. The molecule has 5 nitrogen and oxygen atoms in total. The van der Waals surface area contributed by atoms with E-state index in [1.54, 1.807) is 16.8 Å². The fourth-order valence-corrected chi connectivity index (χ4v) is 3.71. The number of thiazole rings is 1. The smallest absolute Gasteiger partial charge is 0.313 e. The summed E-state index contributed by atoms with van der Waals surface area (Å²) in [7, 11) is 0. The van der Waals surface area contributed by atoms with Crippen molar-refractivity contribution in [2.24, 2.45) is 0 Å². The van der Waals surface area contributed by atoms with E-state index in [1.165, 1.54) is 11.8 Å². The number of fused-ring (bicyclic) bond motifs is 1. The van der Waals surface area contributed by atoms with Crippen LogP contribution in [0, 0.1) is 3.57 Å². The molecule has 0 radical (unpaired) electrons. The van der Waals surface area contributed by atoms with Gasteiger partial charge in [0.15, 0.2) is 5.16 Å². The van der Waals surface area contributed by atoms with Crippen LogP contribution >= 0.6 is 45.7 Å². The van der Waals surface area contributed by atoms with Crippen LogP contribution in [-0.2, 0) is 11.3 Å². The lowest BCUT2D eigenvalue weighted by molar-refractivity contribution is -0.133. The van der Waals surface area contributed by atoms with E-state index in [4.69, 9.17) is 5.11 Å². The normalized spacial score (nSPS) is 11.1. The summed E-state index contributed by atoms with van der Waals surface area (Å²) in [6.07, 6.45) is 0. The lowest BCUT2D eigenvalue weighted by atomic mass is 10.3. The van der Waals surface area contributed by atoms with E-state index < -0.39 is 5.97 Å². The van der Waals surface area contributed by atoms with Gasteiger partial charge in [0.1, 0.15) is 0 Å². The minimum absolute atomic E-state index is 0.00250. The molecule has 0 atom stereocenters. The number of aliphatic carboxylic acids is 1. The third kappa shape index (κ3) is 3.38. The van der Waals surface area contributed by atoms with Gasteiger partial charge in [-0.2, -0.15) is 0 Å². The lowest BCUT2D eigenvalue weighted by Crippen LogP contribution is -2.04. The second-order valence-electron chi connectivity index (χ2n) is 4.28. The number of halogens is 1. The number of carbonyl (C=O) groups is 1. The average Bonchev–Trinajstić information content (AvgIpc) is 3.05. The Hall–Kier alpha value is -1.13. The van der Waals surface area contributed by atoms with Gasteiger partial charge in [0, 0.05) is 8.95 Å². The zero-order valence-corrected chi connectivity index (χ0v) is 14.5. The van der Waals surface area contributed by atoms with Crippen molar-refractivity contribution in [3.8, 4) is 0 Å². The van der Waals surface area contributed by atoms with Crippen LogP contribution in [0.2, 0.25) is 0 Å². The molecule has 8 heteroatoms. The van der Waals surface area contributed by atoms with Crippen LogP contribution in [0.4, 0.5) is 0 Å². The Bertz CT molecular complexity index is 786. The maximum Gasteiger partial charge on any atom is 0.313 e. The summed E-state index contributed by atoms with van der Waals surface area (Å²) < 4.78 is 3.13. The second kappa shape index (κ2) is 6.32. The third-order valence-corrected chi connectivity index (χ3v) is 5.07. The van der Waals surface area contributed by atoms with Crippen molar-refractivity contribution in [3.05, 3.63) is 38.4 Å². The van der Waals surface area contributed by atoms with E-state index in [0.29, 0.717) is 11.7 Å². The monoisotopic (exact) mass is 431 g/mol. The number of carboxylic acids is 1. The average molecular weight is 431 g/mol. The zero-order chi connectivity index (χ0) is 14.8. The SMILES string of the molecule is O=C(O)CSc1nc2cc(I)ccc2n1Cc1cscn1. The van der Waals surface area contributed by atoms with Crippen LogP contribution in [0.3, 0.4) is 0 Å². The first kappa shape index (κ1) is 14.8. The van der Waals surface area contributed by atoms with E-state index >= 15 is 0 Å². The number of nitrogens with zero attached hydrogens (tertiary/aromatic N) is 3. The molecule has 0 bridgehead atoms. The molecule has 2 heterocycles. The number of hydrogen-bond acceptors (Lipinski definition) is 5. The Balaban J connectivity index is 2.03. The van der Waals surface area contributed by atoms with E-state index in [-0.39, 0.29) is 5.75 Å². The second-order valence-corrected chi connectivity index (χ2v) is 7.18. The number of thioether (sulfide) groups is 1. The number of carboxylic acid groups (broad SMARTS) is 1. The highest BCUT2D eigenvalue weighted by Gasteiger charge is 2.14. The topological polar surface area (TPSA) is 68.0 Å². The minimum Gasteiger partial charge on any atom is -0.481 e. The first-order chi connectivity index (χ1) is 10.1. The van der Waals surface area contributed by atoms with E-state index in [9.17, 15) is 4.79 Å². The molecule has 0 aliphatic carbocycles. The molecule has 0 aliphatic rings. The summed E-state index contributed by atoms with van der Waals surface area (Å²) in [5.74, 6) is -0.848. The van der Waals surface area contributed by atoms with Gasteiger partial charge in [0.25, 0.3) is 0 Å². The Kier molecular flexibility index (Phi) is 4.45. The predicted octanol–water partition coefficient (Wildman–Crippen LogP) is 3.32.